The largest absolute Gasteiger partial charge is 0.368 e. The quantitative estimate of drug-likeness (QED) is 0.435. The van der Waals surface area contributed by atoms with Crippen molar-refractivity contribution in [3.63, 3.8) is 0 Å². The number of carbonyl (C=O) groups is 2. The zero-order chi connectivity index (χ0) is 21.0. The number of benzene rings is 1. The summed E-state index contributed by atoms with van der Waals surface area (Å²) in [6.07, 6.45) is 4.46. The van der Waals surface area contributed by atoms with Gasteiger partial charge in [-0.1, -0.05) is 19.9 Å². The molecule has 11 nitrogen and oxygen atoms in total. The Kier molecular flexibility index (Phi) is 5.67. The van der Waals surface area contributed by atoms with Gasteiger partial charge < -0.3 is 22.1 Å². The minimum Gasteiger partial charge on any atom is -0.368 e. The summed E-state index contributed by atoms with van der Waals surface area (Å²) in [6, 6.07) is 6.52. The first-order chi connectivity index (χ1) is 13.8. The zero-order valence-corrected chi connectivity index (χ0v) is 15.9. The van der Waals surface area contributed by atoms with Gasteiger partial charge in [0.15, 0.2) is 11.5 Å². The van der Waals surface area contributed by atoms with Crippen LogP contribution in [0.4, 0.5) is 17.3 Å². The molecule has 0 saturated heterocycles. The van der Waals surface area contributed by atoms with Gasteiger partial charge in [0, 0.05) is 5.69 Å². The first kappa shape index (κ1) is 19.7. The van der Waals surface area contributed by atoms with Crippen molar-refractivity contribution in [3.8, 4) is 5.69 Å². The molecule has 0 saturated carbocycles. The molecule has 0 aliphatic carbocycles. The number of rotatable bonds is 8. The maximum Gasteiger partial charge on any atom is 0.271 e. The van der Waals surface area contributed by atoms with E-state index in [0.717, 1.165) is 0 Å². The second-order valence-corrected chi connectivity index (χ2v) is 6.58. The van der Waals surface area contributed by atoms with Gasteiger partial charge in [-0.15, -0.1) is 0 Å². The molecular formula is C18H21N9O2. The predicted octanol–water partition coefficient (Wildman–Crippen LogP) is 0.822. The third kappa shape index (κ3) is 4.64. The highest BCUT2D eigenvalue weighted by molar-refractivity contribution is 5.96. The number of nitrogens with zero attached hydrogens (tertiary/aromatic N) is 5. The van der Waals surface area contributed by atoms with E-state index in [9.17, 15) is 9.59 Å². The van der Waals surface area contributed by atoms with Crippen LogP contribution in [-0.2, 0) is 4.79 Å². The number of hydrogen-bond donors (Lipinski definition) is 4. The zero-order valence-electron chi connectivity index (χ0n) is 15.9. The van der Waals surface area contributed by atoms with Crippen LogP contribution in [0, 0.1) is 5.92 Å². The highest BCUT2D eigenvalue weighted by Crippen LogP contribution is 2.22. The number of nitrogens with two attached hydrogens (primary N) is 2. The standard InChI is InChI=1S/C18H21N9O2/c1-10(2)14(16(19)28)25-13-9-21-15(17(20)29)18(26-13)24-11-4-3-5-12(8-11)27-22-6-7-23-27/h3-10,14H,1-2H3,(H2,19,28)(H2,20,29)(H2,24,25,26). The van der Waals surface area contributed by atoms with Crippen LogP contribution in [0.3, 0.4) is 0 Å². The summed E-state index contributed by atoms with van der Waals surface area (Å²) in [6.45, 7) is 3.70. The van der Waals surface area contributed by atoms with Crippen LogP contribution in [0.25, 0.3) is 5.69 Å². The van der Waals surface area contributed by atoms with E-state index < -0.39 is 17.9 Å². The second kappa shape index (κ2) is 8.33. The van der Waals surface area contributed by atoms with Crippen molar-refractivity contribution in [1.82, 2.24) is 25.0 Å². The lowest BCUT2D eigenvalue weighted by atomic mass is 10.0. The van der Waals surface area contributed by atoms with Gasteiger partial charge in [0.1, 0.15) is 11.9 Å². The van der Waals surface area contributed by atoms with Crippen LogP contribution < -0.4 is 22.1 Å². The summed E-state index contributed by atoms with van der Waals surface area (Å²) in [7, 11) is 0. The Bertz CT molecular complexity index is 1020. The van der Waals surface area contributed by atoms with Crippen LogP contribution in [0.15, 0.2) is 42.9 Å². The van der Waals surface area contributed by atoms with E-state index in [1.54, 1.807) is 30.6 Å². The summed E-state index contributed by atoms with van der Waals surface area (Å²) in [5, 5.41) is 14.1. The first-order valence-electron chi connectivity index (χ1n) is 8.81. The van der Waals surface area contributed by atoms with E-state index in [2.05, 4.69) is 30.8 Å². The maximum atomic E-state index is 11.8. The van der Waals surface area contributed by atoms with E-state index in [4.69, 9.17) is 11.5 Å². The molecule has 2 aromatic heterocycles. The second-order valence-electron chi connectivity index (χ2n) is 6.58. The molecule has 1 atom stereocenters. The Morgan fingerprint density at radius 1 is 1.14 bits per heavy atom. The predicted molar refractivity (Wildman–Crippen MR) is 107 cm³/mol. The first-order valence-corrected chi connectivity index (χ1v) is 8.81. The lowest BCUT2D eigenvalue weighted by Gasteiger charge is -2.20. The third-order valence-corrected chi connectivity index (χ3v) is 4.04. The van der Waals surface area contributed by atoms with Crippen molar-refractivity contribution in [2.45, 2.75) is 19.9 Å². The van der Waals surface area contributed by atoms with Crippen molar-refractivity contribution in [3.05, 3.63) is 48.5 Å². The van der Waals surface area contributed by atoms with Crippen molar-refractivity contribution in [2.24, 2.45) is 17.4 Å². The SMILES string of the molecule is CC(C)C(Nc1cnc(C(N)=O)c(Nc2cccc(-n3nccn3)c2)n1)C(N)=O. The molecule has 2 amide bonds. The molecular weight excluding hydrogens is 374 g/mol. The van der Waals surface area contributed by atoms with Gasteiger partial charge in [0.2, 0.25) is 5.91 Å². The van der Waals surface area contributed by atoms with Crippen LogP contribution in [0.1, 0.15) is 24.3 Å². The maximum absolute atomic E-state index is 11.8. The molecule has 3 aromatic rings. The van der Waals surface area contributed by atoms with Gasteiger partial charge >= 0.3 is 0 Å². The third-order valence-electron chi connectivity index (χ3n) is 4.04. The minimum atomic E-state index is -0.744. The number of hydrogen-bond acceptors (Lipinski definition) is 8. The minimum absolute atomic E-state index is 0.0432. The normalized spacial score (nSPS) is 11.8. The summed E-state index contributed by atoms with van der Waals surface area (Å²) < 4.78 is 0. The molecule has 0 fully saturated rings. The monoisotopic (exact) mass is 395 g/mol. The van der Waals surface area contributed by atoms with Gasteiger partial charge in [-0.25, -0.2) is 9.97 Å². The number of primary amides is 2. The summed E-state index contributed by atoms with van der Waals surface area (Å²) >= 11 is 0. The van der Waals surface area contributed by atoms with Gasteiger partial charge in [-0.05, 0) is 24.1 Å². The van der Waals surface area contributed by atoms with E-state index >= 15 is 0 Å². The molecule has 2 heterocycles. The van der Waals surface area contributed by atoms with Gasteiger partial charge in [0.05, 0.1) is 24.3 Å². The lowest BCUT2D eigenvalue weighted by molar-refractivity contribution is -0.119. The molecule has 0 radical (unpaired) electrons. The Hall–Kier alpha value is -4.02. The van der Waals surface area contributed by atoms with E-state index in [-0.39, 0.29) is 23.2 Å². The Labute approximate surface area is 166 Å². The molecule has 11 heteroatoms. The average Bonchev–Trinajstić information content (AvgIpc) is 3.20. The molecule has 1 unspecified atom stereocenters. The summed E-state index contributed by atoms with van der Waals surface area (Å²) in [5.74, 6) is -0.916. The van der Waals surface area contributed by atoms with E-state index in [1.807, 2.05) is 19.9 Å². The fourth-order valence-corrected chi connectivity index (χ4v) is 2.65. The molecule has 0 aliphatic heterocycles. The smallest absolute Gasteiger partial charge is 0.271 e. The topological polar surface area (TPSA) is 167 Å². The Morgan fingerprint density at radius 3 is 2.48 bits per heavy atom. The number of anilines is 3. The molecule has 1 aromatic carbocycles. The van der Waals surface area contributed by atoms with Gasteiger partial charge in [-0.3, -0.25) is 9.59 Å². The number of carbonyl (C=O) groups excluding carboxylic acids is 2. The number of nitrogens with one attached hydrogen (secondary N) is 2. The summed E-state index contributed by atoms with van der Waals surface area (Å²) in [4.78, 5) is 33.3. The average molecular weight is 395 g/mol. The molecule has 6 N–H and O–H groups in total. The van der Waals surface area contributed by atoms with Gasteiger partial charge in [-0.2, -0.15) is 15.0 Å². The summed E-state index contributed by atoms with van der Waals surface area (Å²) in [5.41, 5.74) is 12.1. The molecule has 0 aliphatic rings. The van der Waals surface area contributed by atoms with Crippen LogP contribution in [0.5, 0.6) is 0 Å². The fourth-order valence-electron chi connectivity index (χ4n) is 2.65. The van der Waals surface area contributed by atoms with Crippen LogP contribution in [-0.4, -0.2) is 42.8 Å². The van der Waals surface area contributed by atoms with Gasteiger partial charge in [0.25, 0.3) is 5.91 Å². The van der Waals surface area contributed by atoms with E-state index in [1.165, 1.54) is 11.0 Å². The molecule has 3 rings (SSSR count). The Morgan fingerprint density at radius 2 is 1.86 bits per heavy atom. The molecule has 150 valence electrons. The molecule has 0 bridgehead atoms. The van der Waals surface area contributed by atoms with Crippen molar-refractivity contribution in [1.29, 1.82) is 0 Å². The molecule has 29 heavy (non-hydrogen) atoms. The Balaban J connectivity index is 1.92. The van der Waals surface area contributed by atoms with Crippen molar-refractivity contribution >= 4 is 29.1 Å². The van der Waals surface area contributed by atoms with E-state index in [0.29, 0.717) is 11.4 Å². The highest BCUT2D eigenvalue weighted by Gasteiger charge is 2.21. The lowest BCUT2D eigenvalue weighted by Crippen LogP contribution is -2.39. The van der Waals surface area contributed by atoms with Crippen molar-refractivity contribution < 1.29 is 9.59 Å². The van der Waals surface area contributed by atoms with Crippen molar-refractivity contribution in [2.75, 3.05) is 10.6 Å². The van der Waals surface area contributed by atoms with Crippen LogP contribution in [0.2, 0.25) is 0 Å². The highest BCUT2D eigenvalue weighted by atomic mass is 16.1. The number of aromatic nitrogens is 5. The fraction of sp³-hybridized carbons (Fsp3) is 0.222. The molecule has 0 spiro atoms. The van der Waals surface area contributed by atoms with Crippen LogP contribution >= 0.6 is 0 Å². The number of amides is 2.